The molecular weight excluding hydrogens is 302 g/mol. The van der Waals surface area contributed by atoms with Gasteiger partial charge in [-0.05, 0) is 18.6 Å². The van der Waals surface area contributed by atoms with Gasteiger partial charge in [0, 0.05) is 6.54 Å². The van der Waals surface area contributed by atoms with Crippen LogP contribution in [0.2, 0.25) is 5.02 Å². The van der Waals surface area contributed by atoms with Gasteiger partial charge in [0.2, 0.25) is 5.91 Å². The summed E-state index contributed by atoms with van der Waals surface area (Å²) in [6.07, 6.45) is 0.800. The van der Waals surface area contributed by atoms with Crippen LogP contribution in [0.25, 0.3) is 0 Å². The van der Waals surface area contributed by atoms with E-state index in [0.29, 0.717) is 11.6 Å². The third-order valence-corrected chi connectivity index (χ3v) is 5.27. The van der Waals surface area contributed by atoms with Crippen LogP contribution in [0.1, 0.15) is 6.42 Å². The van der Waals surface area contributed by atoms with Crippen molar-refractivity contribution in [2.75, 3.05) is 11.4 Å². The van der Waals surface area contributed by atoms with Gasteiger partial charge in [-0.1, -0.05) is 46.8 Å². The Hall–Kier alpha value is -1.11. The fraction of sp³-hybridized carbons (Fsp3) is 0.250. The molecule has 4 nitrogen and oxygen atoms in total. The highest BCUT2D eigenvalue weighted by atomic mass is 35.5. The number of para-hydroxylation sites is 1. The average Bonchev–Trinajstić information content (AvgIpc) is 3.03. The fourth-order valence-corrected chi connectivity index (χ4v) is 4.01. The highest BCUT2D eigenvalue weighted by molar-refractivity contribution is 8.02. The molecule has 1 saturated heterocycles. The second-order valence-corrected chi connectivity index (χ2v) is 6.73. The molecule has 19 heavy (non-hydrogen) atoms. The Morgan fingerprint density at radius 3 is 3.00 bits per heavy atom. The number of rotatable bonds is 3. The molecule has 3 rings (SSSR count). The summed E-state index contributed by atoms with van der Waals surface area (Å²) in [4.78, 5) is 14.1. The van der Waals surface area contributed by atoms with E-state index in [1.807, 2.05) is 18.2 Å². The summed E-state index contributed by atoms with van der Waals surface area (Å²) in [6, 6.07) is 7.42. The van der Waals surface area contributed by atoms with Gasteiger partial charge in [0.1, 0.15) is 5.51 Å². The summed E-state index contributed by atoms with van der Waals surface area (Å²) < 4.78 is 0.833. The first-order chi connectivity index (χ1) is 9.25. The molecule has 2 heterocycles. The van der Waals surface area contributed by atoms with Crippen LogP contribution in [0.4, 0.5) is 5.69 Å². The quantitative estimate of drug-likeness (QED) is 0.874. The lowest BCUT2D eigenvalue weighted by Crippen LogP contribution is -2.28. The van der Waals surface area contributed by atoms with Crippen LogP contribution in [-0.4, -0.2) is 27.9 Å². The second-order valence-electron chi connectivity index (χ2n) is 4.04. The Morgan fingerprint density at radius 1 is 1.42 bits per heavy atom. The van der Waals surface area contributed by atoms with E-state index in [2.05, 4.69) is 10.2 Å². The van der Waals surface area contributed by atoms with E-state index in [1.165, 1.54) is 23.1 Å². The Morgan fingerprint density at radius 2 is 2.26 bits per heavy atom. The molecule has 1 aromatic carbocycles. The normalized spacial score (nSPS) is 19.1. The van der Waals surface area contributed by atoms with E-state index in [4.69, 9.17) is 11.6 Å². The van der Waals surface area contributed by atoms with Crippen LogP contribution >= 0.6 is 34.7 Å². The molecule has 0 saturated carbocycles. The zero-order valence-electron chi connectivity index (χ0n) is 9.82. The van der Waals surface area contributed by atoms with Crippen LogP contribution in [0.3, 0.4) is 0 Å². The molecule has 1 fully saturated rings. The van der Waals surface area contributed by atoms with Gasteiger partial charge in [-0.2, -0.15) is 0 Å². The average molecular weight is 312 g/mol. The van der Waals surface area contributed by atoms with Crippen LogP contribution < -0.4 is 4.90 Å². The molecule has 0 radical (unpaired) electrons. The number of hydrogen-bond donors (Lipinski definition) is 0. The van der Waals surface area contributed by atoms with Crippen molar-refractivity contribution in [2.45, 2.75) is 16.0 Å². The minimum absolute atomic E-state index is 0.0910. The smallest absolute Gasteiger partial charge is 0.240 e. The van der Waals surface area contributed by atoms with Crippen molar-refractivity contribution < 1.29 is 4.79 Å². The maximum atomic E-state index is 12.4. The van der Waals surface area contributed by atoms with E-state index < -0.39 is 0 Å². The van der Waals surface area contributed by atoms with Crippen LogP contribution in [-0.2, 0) is 4.79 Å². The van der Waals surface area contributed by atoms with Crippen LogP contribution in [0.5, 0.6) is 0 Å². The number of amides is 1. The minimum atomic E-state index is -0.0933. The molecule has 2 aromatic rings. The molecule has 1 aliphatic rings. The molecule has 0 unspecified atom stereocenters. The molecule has 1 amide bonds. The second kappa shape index (κ2) is 5.48. The molecular formula is C12H10ClN3OS2. The van der Waals surface area contributed by atoms with Gasteiger partial charge in [-0.3, -0.25) is 4.79 Å². The van der Waals surface area contributed by atoms with E-state index in [1.54, 1.807) is 16.5 Å². The predicted molar refractivity (Wildman–Crippen MR) is 78.0 cm³/mol. The summed E-state index contributed by atoms with van der Waals surface area (Å²) in [5.41, 5.74) is 2.46. The van der Waals surface area contributed by atoms with Crippen molar-refractivity contribution in [3.8, 4) is 0 Å². The zero-order chi connectivity index (χ0) is 13.2. The van der Waals surface area contributed by atoms with Crippen molar-refractivity contribution in [1.29, 1.82) is 0 Å². The number of anilines is 1. The SMILES string of the molecule is O=C1[C@H](Sc2nncs2)CCN1c1ccccc1Cl. The van der Waals surface area contributed by atoms with Crippen molar-refractivity contribution >= 4 is 46.3 Å². The lowest BCUT2D eigenvalue weighted by Gasteiger charge is -2.17. The molecule has 1 aliphatic heterocycles. The molecule has 0 N–H and O–H groups in total. The molecule has 1 atom stereocenters. The maximum absolute atomic E-state index is 12.4. The van der Waals surface area contributed by atoms with Gasteiger partial charge in [0.25, 0.3) is 0 Å². The topological polar surface area (TPSA) is 46.1 Å². The van der Waals surface area contributed by atoms with Gasteiger partial charge < -0.3 is 4.90 Å². The van der Waals surface area contributed by atoms with Crippen molar-refractivity contribution in [3.63, 3.8) is 0 Å². The third-order valence-electron chi connectivity index (χ3n) is 2.88. The monoisotopic (exact) mass is 311 g/mol. The van der Waals surface area contributed by atoms with E-state index in [0.717, 1.165) is 16.4 Å². The van der Waals surface area contributed by atoms with Gasteiger partial charge in [-0.15, -0.1) is 10.2 Å². The lowest BCUT2D eigenvalue weighted by atomic mass is 10.3. The van der Waals surface area contributed by atoms with Gasteiger partial charge >= 0.3 is 0 Å². The molecule has 0 bridgehead atoms. The number of hydrogen-bond acceptors (Lipinski definition) is 5. The highest BCUT2D eigenvalue weighted by Crippen LogP contribution is 2.35. The summed E-state index contributed by atoms with van der Waals surface area (Å²) in [6.45, 7) is 0.693. The summed E-state index contributed by atoms with van der Waals surface area (Å²) in [5, 5.41) is 8.26. The van der Waals surface area contributed by atoms with Gasteiger partial charge in [0.05, 0.1) is 16.0 Å². The van der Waals surface area contributed by atoms with Gasteiger partial charge in [0.15, 0.2) is 4.34 Å². The molecule has 0 aliphatic carbocycles. The Kier molecular flexibility index (Phi) is 3.72. The molecule has 98 valence electrons. The zero-order valence-corrected chi connectivity index (χ0v) is 12.2. The highest BCUT2D eigenvalue weighted by Gasteiger charge is 2.34. The summed E-state index contributed by atoms with van der Waals surface area (Å²) >= 11 is 9.08. The number of halogens is 1. The first kappa shape index (κ1) is 12.9. The van der Waals surface area contributed by atoms with E-state index in [-0.39, 0.29) is 11.2 Å². The molecule has 1 aromatic heterocycles. The number of nitrogens with zero attached hydrogens (tertiary/aromatic N) is 3. The lowest BCUT2D eigenvalue weighted by molar-refractivity contribution is -0.116. The standard InChI is InChI=1S/C12H10ClN3OS2/c13-8-3-1-2-4-9(8)16-6-5-10(11(16)17)19-12-15-14-7-18-12/h1-4,7,10H,5-6H2/t10-/m1/s1. The molecule has 7 heteroatoms. The first-order valence-corrected chi connectivity index (χ1v) is 7.88. The van der Waals surface area contributed by atoms with Crippen molar-refractivity contribution in [1.82, 2.24) is 10.2 Å². The Bertz CT molecular complexity index is 590. The minimum Gasteiger partial charge on any atom is -0.310 e. The molecule has 0 spiro atoms. The number of aromatic nitrogens is 2. The number of carbonyl (C=O) groups excluding carboxylic acids is 1. The predicted octanol–water partition coefficient (Wildman–Crippen LogP) is 3.09. The Labute approximate surface area is 123 Å². The van der Waals surface area contributed by atoms with Crippen LogP contribution in [0, 0.1) is 0 Å². The van der Waals surface area contributed by atoms with Gasteiger partial charge in [-0.25, -0.2) is 0 Å². The third kappa shape index (κ3) is 2.61. The fourth-order valence-electron chi connectivity index (χ4n) is 2.01. The largest absolute Gasteiger partial charge is 0.310 e. The Balaban J connectivity index is 1.77. The number of thioether (sulfide) groups is 1. The number of benzene rings is 1. The van der Waals surface area contributed by atoms with Crippen molar-refractivity contribution in [2.24, 2.45) is 0 Å². The summed E-state index contributed by atoms with van der Waals surface area (Å²) in [7, 11) is 0. The first-order valence-electron chi connectivity index (χ1n) is 5.74. The van der Waals surface area contributed by atoms with E-state index >= 15 is 0 Å². The maximum Gasteiger partial charge on any atom is 0.240 e. The van der Waals surface area contributed by atoms with Crippen LogP contribution in [0.15, 0.2) is 34.1 Å². The van der Waals surface area contributed by atoms with Crippen molar-refractivity contribution in [3.05, 3.63) is 34.8 Å². The number of carbonyl (C=O) groups is 1. The summed E-state index contributed by atoms with van der Waals surface area (Å²) in [5.74, 6) is 0.0910. The van der Waals surface area contributed by atoms with E-state index in [9.17, 15) is 4.79 Å².